The number of oxime groups is 1. The second kappa shape index (κ2) is 7.24. The van der Waals surface area contributed by atoms with Crippen molar-refractivity contribution in [2.75, 3.05) is 19.5 Å². The predicted molar refractivity (Wildman–Crippen MR) is 77.2 cm³/mol. The average molecular weight is 307 g/mol. The topological polar surface area (TPSA) is 114 Å². The van der Waals surface area contributed by atoms with Crippen molar-refractivity contribution in [3.8, 4) is 0 Å². The molecule has 8 heteroatoms. The second-order valence-electron chi connectivity index (χ2n) is 5.33. The Morgan fingerprint density at radius 2 is 2.10 bits per heavy atom. The molecule has 20 heavy (non-hydrogen) atoms. The third kappa shape index (κ3) is 4.32. The van der Waals surface area contributed by atoms with Crippen molar-refractivity contribution in [2.24, 2.45) is 16.8 Å². The van der Waals surface area contributed by atoms with Gasteiger partial charge in [-0.3, -0.25) is 0 Å². The van der Waals surface area contributed by atoms with Gasteiger partial charge < -0.3 is 15.7 Å². The van der Waals surface area contributed by atoms with Crippen LogP contribution in [0.25, 0.3) is 0 Å². The first-order chi connectivity index (χ1) is 9.39. The number of ether oxygens (including phenoxy) is 1. The van der Waals surface area contributed by atoms with Crippen LogP contribution in [0.1, 0.15) is 39.0 Å². The molecular formula is C12H25N3O4S. The summed E-state index contributed by atoms with van der Waals surface area (Å²) in [5.41, 5.74) is 4.78. The first-order valence-electron chi connectivity index (χ1n) is 6.87. The standard InChI is InChI=1S/C12H25N3O4S/c1-3-10-4-6-12(7-5-10,11(13)14-16)15-20(17,18)9-8-19-2/h10,15-16H,3-9H2,1-2H3,(H2,13,14). The molecule has 1 saturated carbocycles. The van der Waals surface area contributed by atoms with Gasteiger partial charge in [-0.2, -0.15) is 0 Å². The van der Waals surface area contributed by atoms with E-state index in [2.05, 4.69) is 16.8 Å². The summed E-state index contributed by atoms with van der Waals surface area (Å²) in [6.45, 7) is 2.23. The van der Waals surface area contributed by atoms with Gasteiger partial charge >= 0.3 is 0 Å². The van der Waals surface area contributed by atoms with E-state index in [0.29, 0.717) is 18.8 Å². The number of hydrogen-bond donors (Lipinski definition) is 3. The number of methoxy groups -OCH3 is 1. The van der Waals surface area contributed by atoms with E-state index in [1.54, 1.807) is 0 Å². The molecule has 0 aliphatic heterocycles. The first kappa shape index (κ1) is 17.2. The van der Waals surface area contributed by atoms with Crippen LogP contribution in [0, 0.1) is 5.92 Å². The van der Waals surface area contributed by atoms with Crippen molar-refractivity contribution in [1.82, 2.24) is 4.72 Å². The molecule has 1 aliphatic rings. The Labute approximate surface area is 120 Å². The third-order valence-corrected chi connectivity index (χ3v) is 5.45. The maximum Gasteiger partial charge on any atom is 0.214 e. The summed E-state index contributed by atoms with van der Waals surface area (Å²) in [6.07, 6.45) is 3.88. The summed E-state index contributed by atoms with van der Waals surface area (Å²) < 4.78 is 31.5. The largest absolute Gasteiger partial charge is 0.409 e. The lowest BCUT2D eigenvalue weighted by molar-refractivity contribution is 0.215. The van der Waals surface area contributed by atoms with Gasteiger partial charge in [-0.25, -0.2) is 13.1 Å². The molecule has 0 spiro atoms. The Hall–Kier alpha value is -0.860. The SMILES string of the molecule is CCC1CCC(NS(=O)(=O)CCOC)(C(N)=NO)CC1. The van der Waals surface area contributed by atoms with E-state index in [4.69, 9.17) is 15.7 Å². The number of hydrogen-bond acceptors (Lipinski definition) is 5. The first-order valence-corrected chi connectivity index (χ1v) is 8.53. The molecule has 1 rings (SSSR count). The van der Waals surface area contributed by atoms with Crippen LogP contribution < -0.4 is 10.5 Å². The molecule has 1 fully saturated rings. The van der Waals surface area contributed by atoms with Gasteiger partial charge in [0.25, 0.3) is 0 Å². The number of nitrogens with zero attached hydrogens (tertiary/aromatic N) is 1. The van der Waals surface area contributed by atoms with E-state index in [9.17, 15) is 8.42 Å². The molecule has 0 saturated heterocycles. The molecule has 0 bridgehead atoms. The van der Waals surface area contributed by atoms with Crippen molar-refractivity contribution in [2.45, 2.75) is 44.6 Å². The maximum atomic E-state index is 12.1. The van der Waals surface area contributed by atoms with Crippen LogP contribution in [0.2, 0.25) is 0 Å². The summed E-state index contributed by atoms with van der Waals surface area (Å²) >= 11 is 0. The molecule has 7 nitrogen and oxygen atoms in total. The summed E-state index contributed by atoms with van der Waals surface area (Å²) in [5, 5.41) is 12.0. The molecule has 0 atom stereocenters. The van der Waals surface area contributed by atoms with Gasteiger partial charge in [0, 0.05) is 7.11 Å². The van der Waals surface area contributed by atoms with Crippen LogP contribution in [0.15, 0.2) is 5.16 Å². The predicted octanol–water partition coefficient (Wildman–Crippen LogP) is 0.638. The van der Waals surface area contributed by atoms with E-state index in [-0.39, 0.29) is 18.2 Å². The van der Waals surface area contributed by atoms with E-state index in [1.807, 2.05) is 0 Å². The van der Waals surface area contributed by atoms with Crippen LogP contribution in [0.5, 0.6) is 0 Å². The molecule has 0 unspecified atom stereocenters. The van der Waals surface area contributed by atoms with Crippen LogP contribution in [-0.2, 0) is 14.8 Å². The summed E-state index contributed by atoms with van der Waals surface area (Å²) in [6, 6.07) is 0. The summed E-state index contributed by atoms with van der Waals surface area (Å²) in [7, 11) is -2.08. The fourth-order valence-corrected chi connectivity index (χ4v) is 4.02. The summed E-state index contributed by atoms with van der Waals surface area (Å²) in [4.78, 5) is 0. The number of rotatable bonds is 7. The van der Waals surface area contributed by atoms with Crippen molar-refractivity contribution >= 4 is 15.9 Å². The van der Waals surface area contributed by atoms with Gasteiger partial charge in [0.15, 0.2) is 5.84 Å². The highest BCUT2D eigenvalue weighted by molar-refractivity contribution is 7.89. The molecule has 4 N–H and O–H groups in total. The zero-order valence-corrected chi connectivity index (χ0v) is 12.9. The Kier molecular flexibility index (Phi) is 6.22. The van der Waals surface area contributed by atoms with Crippen LogP contribution in [0.4, 0.5) is 0 Å². The average Bonchev–Trinajstić information content (AvgIpc) is 2.44. The highest BCUT2D eigenvalue weighted by atomic mass is 32.2. The molecule has 0 heterocycles. The fraction of sp³-hybridized carbons (Fsp3) is 0.917. The van der Waals surface area contributed by atoms with Crippen molar-refractivity contribution in [3.05, 3.63) is 0 Å². The Bertz CT molecular complexity index is 428. The highest BCUT2D eigenvalue weighted by Crippen LogP contribution is 2.34. The molecule has 0 aromatic rings. The number of nitrogens with one attached hydrogen (secondary N) is 1. The summed E-state index contributed by atoms with van der Waals surface area (Å²) in [5.74, 6) is 0.368. The number of nitrogens with two attached hydrogens (primary N) is 1. The Morgan fingerprint density at radius 1 is 1.50 bits per heavy atom. The van der Waals surface area contributed by atoms with E-state index in [0.717, 1.165) is 19.3 Å². The minimum absolute atomic E-state index is 0.0620. The molecular weight excluding hydrogens is 282 g/mol. The lowest BCUT2D eigenvalue weighted by atomic mass is 9.75. The molecule has 1 aliphatic carbocycles. The van der Waals surface area contributed by atoms with Gasteiger partial charge in [0.2, 0.25) is 10.0 Å². The minimum atomic E-state index is -3.53. The molecule has 0 radical (unpaired) electrons. The van der Waals surface area contributed by atoms with Gasteiger partial charge in [-0.05, 0) is 31.6 Å². The van der Waals surface area contributed by atoms with Crippen LogP contribution in [-0.4, -0.2) is 44.5 Å². The van der Waals surface area contributed by atoms with E-state index < -0.39 is 15.6 Å². The Balaban J connectivity index is 2.86. The normalized spacial score (nSPS) is 28.5. The lowest BCUT2D eigenvalue weighted by Crippen LogP contribution is -2.59. The van der Waals surface area contributed by atoms with Gasteiger partial charge in [-0.1, -0.05) is 18.5 Å². The maximum absolute atomic E-state index is 12.1. The van der Waals surface area contributed by atoms with E-state index >= 15 is 0 Å². The highest BCUT2D eigenvalue weighted by Gasteiger charge is 2.41. The van der Waals surface area contributed by atoms with Crippen LogP contribution in [0.3, 0.4) is 0 Å². The van der Waals surface area contributed by atoms with Gasteiger partial charge in [-0.15, -0.1) is 0 Å². The number of amidine groups is 1. The smallest absolute Gasteiger partial charge is 0.214 e. The quantitative estimate of drug-likeness (QED) is 0.276. The van der Waals surface area contributed by atoms with Crippen LogP contribution >= 0.6 is 0 Å². The minimum Gasteiger partial charge on any atom is -0.409 e. The number of sulfonamides is 1. The van der Waals surface area contributed by atoms with Crippen molar-refractivity contribution in [3.63, 3.8) is 0 Å². The molecule has 0 aromatic heterocycles. The second-order valence-corrected chi connectivity index (χ2v) is 7.17. The van der Waals surface area contributed by atoms with Crippen molar-refractivity contribution in [1.29, 1.82) is 0 Å². The van der Waals surface area contributed by atoms with Crippen molar-refractivity contribution < 1.29 is 18.4 Å². The van der Waals surface area contributed by atoms with Gasteiger partial charge in [0.05, 0.1) is 17.9 Å². The monoisotopic (exact) mass is 307 g/mol. The fourth-order valence-electron chi connectivity index (χ4n) is 2.63. The van der Waals surface area contributed by atoms with Gasteiger partial charge in [0.1, 0.15) is 0 Å². The zero-order chi connectivity index (χ0) is 15.2. The molecule has 0 amide bonds. The Morgan fingerprint density at radius 3 is 2.55 bits per heavy atom. The zero-order valence-electron chi connectivity index (χ0n) is 12.1. The molecule has 0 aromatic carbocycles. The van der Waals surface area contributed by atoms with E-state index in [1.165, 1.54) is 7.11 Å². The molecule has 118 valence electrons. The lowest BCUT2D eigenvalue weighted by Gasteiger charge is -2.39. The third-order valence-electron chi connectivity index (χ3n) is 4.04.